The van der Waals surface area contributed by atoms with Gasteiger partial charge in [0.25, 0.3) is 5.91 Å². The summed E-state index contributed by atoms with van der Waals surface area (Å²) in [5.41, 5.74) is 4.46. The number of amides is 2. The summed E-state index contributed by atoms with van der Waals surface area (Å²) in [5, 5.41) is 11.0. The van der Waals surface area contributed by atoms with Gasteiger partial charge >= 0.3 is 5.91 Å². The minimum absolute atomic E-state index is 0.159. The van der Waals surface area contributed by atoms with Crippen molar-refractivity contribution < 1.29 is 18.4 Å². The molecule has 1 aromatic carbocycles. The molecule has 0 aliphatic heterocycles. The molecule has 0 atom stereocenters. The highest BCUT2D eigenvalue weighted by Crippen LogP contribution is 2.17. The van der Waals surface area contributed by atoms with Gasteiger partial charge in [0.1, 0.15) is 5.76 Å². The molecule has 0 spiro atoms. The zero-order valence-corrected chi connectivity index (χ0v) is 18.5. The number of halogens is 1. The maximum absolute atomic E-state index is 12.3. The molecule has 0 radical (unpaired) electrons. The number of hydrazone groups is 1. The summed E-state index contributed by atoms with van der Waals surface area (Å²) < 4.78 is 13.0. The van der Waals surface area contributed by atoms with Crippen molar-refractivity contribution in [3.63, 3.8) is 0 Å². The Labute approximate surface area is 191 Å². The van der Waals surface area contributed by atoms with E-state index in [1.807, 2.05) is 12.3 Å². The first-order valence-corrected chi connectivity index (χ1v) is 10.3. The van der Waals surface area contributed by atoms with Gasteiger partial charge in [-0.05, 0) is 70.9 Å². The van der Waals surface area contributed by atoms with Crippen LogP contribution in [0.5, 0.6) is 0 Å². The molecule has 4 rings (SSSR count). The van der Waals surface area contributed by atoms with Crippen molar-refractivity contribution in [1.29, 1.82) is 0 Å². The molecule has 0 saturated carbocycles. The summed E-state index contributed by atoms with van der Waals surface area (Å²) in [5.74, 6) is 0.161. The molecule has 0 unspecified atom stereocenters. The van der Waals surface area contributed by atoms with Crippen LogP contribution in [-0.2, 0) is 6.54 Å². The van der Waals surface area contributed by atoms with Crippen LogP contribution in [0.4, 0.5) is 5.69 Å². The average molecular weight is 496 g/mol. The van der Waals surface area contributed by atoms with Gasteiger partial charge in [0, 0.05) is 18.1 Å². The third kappa shape index (κ3) is 5.22. The van der Waals surface area contributed by atoms with E-state index in [1.165, 1.54) is 0 Å². The summed E-state index contributed by atoms with van der Waals surface area (Å²) in [6.45, 7) is 2.20. The number of furan rings is 2. The first-order valence-electron chi connectivity index (χ1n) is 9.56. The SMILES string of the molecule is C/C(=N\NC(=O)c1ccc(Cn2cccn2)o1)c1ccc(NC(=O)c2ccc(Br)o2)cc1. The van der Waals surface area contributed by atoms with Crippen LogP contribution in [-0.4, -0.2) is 27.3 Å². The van der Waals surface area contributed by atoms with Crippen molar-refractivity contribution in [1.82, 2.24) is 15.2 Å². The van der Waals surface area contributed by atoms with Crippen LogP contribution >= 0.6 is 15.9 Å². The second-order valence-electron chi connectivity index (χ2n) is 6.74. The molecule has 3 heterocycles. The van der Waals surface area contributed by atoms with Gasteiger partial charge in [0.15, 0.2) is 16.2 Å². The Morgan fingerprint density at radius 1 is 1.03 bits per heavy atom. The zero-order chi connectivity index (χ0) is 22.5. The van der Waals surface area contributed by atoms with Crippen LogP contribution in [0.25, 0.3) is 0 Å². The predicted octanol–water partition coefficient (Wildman–Crippen LogP) is 4.29. The van der Waals surface area contributed by atoms with Crippen molar-refractivity contribution in [3.05, 3.63) is 94.5 Å². The highest BCUT2D eigenvalue weighted by atomic mass is 79.9. The maximum atomic E-state index is 12.3. The summed E-state index contributed by atoms with van der Waals surface area (Å²) >= 11 is 3.16. The standard InChI is InChI=1S/C22H18BrN5O4/c1-14(15-3-5-16(6-4-15)25-21(29)18-9-10-20(23)32-18)26-27-22(30)19-8-7-17(31-19)13-28-12-2-11-24-28/h2-12H,13H2,1H3,(H,25,29)(H,27,30)/b26-14+. The molecule has 0 fully saturated rings. The first-order chi connectivity index (χ1) is 15.5. The Bertz CT molecular complexity index is 1260. The van der Waals surface area contributed by atoms with E-state index in [0.717, 1.165) is 5.56 Å². The number of carbonyl (C=O) groups excluding carboxylic acids is 2. The van der Waals surface area contributed by atoms with Crippen LogP contribution in [0, 0.1) is 0 Å². The Hall–Kier alpha value is -3.92. The molecule has 4 aromatic rings. The van der Waals surface area contributed by atoms with Gasteiger partial charge in [0.05, 0.1) is 12.3 Å². The van der Waals surface area contributed by atoms with Gasteiger partial charge in [-0.2, -0.15) is 10.2 Å². The predicted molar refractivity (Wildman–Crippen MR) is 121 cm³/mol. The first kappa shape index (κ1) is 21.3. The lowest BCUT2D eigenvalue weighted by Crippen LogP contribution is -2.18. The fourth-order valence-corrected chi connectivity index (χ4v) is 3.12. The van der Waals surface area contributed by atoms with Crippen LogP contribution in [0.2, 0.25) is 0 Å². The topological polar surface area (TPSA) is 115 Å². The van der Waals surface area contributed by atoms with Crippen molar-refractivity contribution >= 4 is 39.1 Å². The van der Waals surface area contributed by atoms with Gasteiger partial charge in [-0.1, -0.05) is 12.1 Å². The number of rotatable bonds is 7. The number of aromatic nitrogens is 2. The van der Waals surface area contributed by atoms with Gasteiger partial charge in [-0.25, -0.2) is 5.43 Å². The molecular weight excluding hydrogens is 478 g/mol. The quantitative estimate of drug-likeness (QED) is 0.293. The minimum atomic E-state index is -0.454. The van der Waals surface area contributed by atoms with Crippen LogP contribution in [0.15, 0.2) is 85.6 Å². The number of benzene rings is 1. The minimum Gasteiger partial charge on any atom is -0.454 e. The molecule has 3 aromatic heterocycles. The fraction of sp³-hybridized carbons (Fsp3) is 0.0909. The molecule has 2 N–H and O–H groups in total. The lowest BCUT2D eigenvalue weighted by molar-refractivity contribution is 0.0924. The summed E-state index contributed by atoms with van der Waals surface area (Å²) in [4.78, 5) is 24.5. The normalized spacial score (nSPS) is 11.4. The van der Waals surface area contributed by atoms with Crippen molar-refractivity contribution in [2.24, 2.45) is 5.10 Å². The van der Waals surface area contributed by atoms with E-state index < -0.39 is 5.91 Å². The molecule has 0 aliphatic rings. The Balaban J connectivity index is 1.34. The van der Waals surface area contributed by atoms with Gasteiger partial charge < -0.3 is 14.2 Å². The molecule has 9 nitrogen and oxygen atoms in total. The largest absolute Gasteiger partial charge is 0.454 e. The number of anilines is 1. The van der Waals surface area contributed by atoms with Gasteiger partial charge in [-0.15, -0.1) is 0 Å². The molecule has 0 bridgehead atoms. The molecule has 0 saturated heterocycles. The lowest BCUT2D eigenvalue weighted by atomic mass is 10.1. The number of hydrogen-bond acceptors (Lipinski definition) is 6. The van der Waals surface area contributed by atoms with E-state index in [9.17, 15) is 9.59 Å². The van der Waals surface area contributed by atoms with E-state index in [2.05, 4.69) is 36.9 Å². The smallest absolute Gasteiger partial charge is 0.307 e. The van der Waals surface area contributed by atoms with Crippen molar-refractivity contribution in [2.45, 2.75) is 13.5 Å². The zero-order valence-electron chi connectivity index (χ0n) is 16.9. The number of hydrogen-bond donors (Lipinski definition) is 2. The molecule has 0 aliphatic carbocycles. The van der Waals surface area contributed by atoms with E-state index >= 15 is 0 Å². The third-order valence-corrected chi connectivity index (χ3v) is 4.87. The fourth-order valence-electron chi connectivity index (χ4n) is 2.82. The van der Waals surface area contributed by atoms with Crippen LogP contribution in [0.1, 0.15) is 39.4 Å². The molecule has 32 heavy (non-hydrogen) atoms. The molecule has 10 heteroatoms. The monoisotopic (exact) mass is 495 g/mol. The number of nitrogens with zero attached hydrogens (tertiary/aromatic N) is 3. The summed E-state index contributed by atoms with van der Waals surface area (Å²) in [7, 11) is 0. The van der Waals surface area contributed by atoms with Crippen molar-refractivity contribution in [3.8, 4) is 0 Å². The number of nitrogens with one attached hydrogen (secondary N) is 2. The van der Waals surface area contributed by atoms with E-state index in [-0.39, 0.29) is 17.4 Å². The van der Waals surface area contributed by atoms with Crippen LogP contribution < -0.4 is 10.7 Å². The Morgan fingerprint density at radius 2 is 1.78 bits per heavy atom. The molecular formula is C22H18BrN5O4. The Morgan fingerprint density at radius 3 is 2.47 bits per heavy atom. The summed E-state index contributed by atoms with van der Waals surface area (Å²) in [6, 6.07) is 15.4. The second-order valence-corrected chi connectivity index (χ2v) is 7.52. The summed E-state index contributed by atoms with van der Waals surface area (Å²) in [6.07, 6.45) is 3.48. The van der Waals surface area contributed by atoms with Crippen molar-refractivity contribution in [2.75, 3.05) is 5.32 Å². The highest BCUT2D eigenvalue weighted by molar-refractivity contribution is 9.10. The lowest BCUT2D eigenvalue weighted by Gasteiger charge is -2.06. The van der Waals surface area contributed by atoms with Gasteiger partial charge in [0.2, 0.25) is 0 Å². The third-order valence-electron chi connectivity index (χ3n) is 4.45. The van der Waals surface area contributed by atoms with Gasteiger partial charge in [-0.3, -0.25) is 14.3 Å². The second kappa shape index (κ2) is 9.48. The highest BCUT2D eigenvalue weighted by Gasteiger charge is 2.12. The van der Waals surface area contributed by atoms with E-state index in [1.54, 1.807) is 66.3 Å². The molecule has 162 valence electrons. The maximum Gasteiger partial charge on any atom is 0.307 e. The van der Waals surface area contributed by atoms with E-state index in [0.29, 0.717) is 28.4 Å². The van der Waals surface area contributed by atoms with Crippen LogP contribution in [0.3, 0.4) is 0 Å². The number of carbonyl (C=O) groups is 2. The molecule has 2 amide bonds. The van der Waals surface area contributed by atoms with E-state index in [4.69, 9.17) is 8.83 Å². The Kier molecular flexibility index (Phi) is 6.31. The average Bonchev–Trinajstić information content (AvgIpc) is 3.55.